The van der Waals surface area contributed by atoms with Crippen LogP contribution in [0.4, 0.5) is 4.39 Å². The van der Waals surface area contributed by atoms with Crippen molar-refractivity contribution in [2.45, 2.75) is 57.0 Å². The van der Waals surface area contributed by atoms with Gasteiger partial charge in [-0.3, -0.25) is 0 Å². The molecule has 3 aliphatic carbocycles. The number of fused-ring (bicyclic) bond motifs is 5. The van der Waals surface area contributed by atoms with Crippen molar-refractivity contribution in [3.63, 3.8) is 0 Å². The van der Waals surface area contributed by atoms with Crippen molar-refractivity contribution >= 4 is 0 Å². The Bertz CT molecular complexity index is 670. The molecule has 5 atom stereocenters. The van der Waals surface area contributed by atoms with Crippen LogP contribution < -0.4 is 0 Å². The van der Waals surface area contributed by atoms with E-state index >= 15 is 0 Å². The molecule has 3 heteroatoms. The highest BCUT2D eigenvalue weighted by Gasteiger charge is 2.58. The van der Waals surface area contributed by atoms with Gasteiger partial charge in [0.25, 0.3) is 0 Å². The zero-order valence-electron chi connectivity index (χ0n) is 13.7. The monoisotopic (exact) mass is 316 g/mol. The quantitative estimate of drug-likeness (QED) is 0.766. The zero-order chi connectivity index (χ0) is 16.4. The molecule has 1 aromatic carbocycles. The lowest BCUT2D eigenvalue weighted by Gasteiger charge is -2.55. The molecule has 124 valence electrons. The number of halogens is 1. The maximum atomic E-state index is 14.1. The number of phenols is 1. The Hall–Kier alpha value is -1.35. The number of hydrogen-bond donors (Lipinski definition) is 2. The smallest absolute Gasteiger partial charge is 0.165 e. The fourth-order valence-corrected chi connectivity index (χ4v) is 6.04. The fraction of sp³-hybridized carbons (Fsp3) is 0.600. The van der Waals surface area contributed by atoms with E-state index in [-0.39, 0.29) is 22.7 Å². The van der Waals surface area contributed by atoms with Crippen molar-refractivity contribution in [2.75, 3.05) is 0 Å². The minimum atomic E-state index is -0.537. The van der Waals surface area contributed by atoms with Crippen molar-refractivity contribution in [3.8, 4) is 5.75 Å². The van der Waals surface area contributed by atoms with Gasteiger partial charge in [-0.1, -0.05) is 13.0 Å². The second-order valence-corrected chi connectivity index (χ2v) is 8.20. The molecule has 4 rings (SSSR count). The number of aliphatic hydroxyl groups is 1. The number of benzene rings is 1. The molecule has 0 unspecified atom stereocenters. The maximum absolute atomic E-state index is 14.1. The summed E-state index contributed by atoms with van der Waals surface area (Å²) in [6.45, 7) is 6.43. The van der Waals surface area contributed by atoms with Gasteiger partial charge in [-0.25, -0.2) is 4.39 Å². The molecule has 3 aliphatic rings. The van der Waals surface area contributed by atoms with Crippen LogP contribution in [0.1, 0.15) is 50.2 Å². The summed E-state index contributed by atoms with van der Waals surface area (Å²) < 4.78 is 14.1. The Morgan fingerprint density at radius 3 is 2.83 bits per heavy atom. The first-order valence-corrected chi connectivity index (χ1v) is 8.73. The van der Waals surface area contributed by atoms with E-state index in [4.69, 9.17) is 0 Å². The van der Waals surface area contributed by atoms with Gasteiger partial charge in [-0.05, 0) is 79.0 Å². The maximum Gasteiger partial charge on any atom is 0.165 e. The van der Waals surface area contributed by atoms with Gasteiger partial charge < -0.3 is 10.2 Å². The molecule has 2 N–H and O–H groups in total. The summed E-state index contributed by atoms with van der Waals surface area (Å²) in [5.74, 6) is 0.0883. The number of aromatic hydroxyl groups is 1. The van der Waals surface area contributed by atoms with Crippen LogP contribution in [0.15, 0.2) is 24.8 Å². The Labute approximate surface area is 137 Å². The lowest BCUT2D eigenvalue weighted by molar-refractivity contribution is 0.0275. The number of aryl methyl sites for hydroxylation is 1. The number of allylic oxidation sites excluding steroid dienone is 1. The number of hydrogen-bond acceptors (Lipinski definition) is 2. The van der Waals surface area contributed by atoms with E-state index in [1.165, 1.54) is 6.07 Å². The Morgan fingerprint density at radius 2 is 2.09 bits per heavy atom. The van der Waals surface area contributed by atoms with Gasteiger partial charge in [0.05, 0.1) is 6.10 Å². The van der Waals surface area contributed by atoms with E-state index in [1.807, 2.05) is 6.08 Å². The highest BCUT2D eigenvalue weighted by atomic mass is 19.1. The van der Waals surface area contributed by atoms with Crippen molar-refractivity contribution in [1.82, 2.24) is 0 Å². The van der Waals surface area contributed by atoms with Gasteiger partial charge >= 0.3 is 0 Å². The minimum absolute atomic E-state index is 0.198. The lowest BCUT2D eigenvalue weighted by atomic mass is 9.49. The molecule has 2 nitrogen and oxygen atoms in total. The molecule has 0 spiro atoms. The predicted molar refractivity (Wildman–Crippen MR) is 87.8 cm³/mol. The highest BCUT2D eigenvalue weighted by molar-refractivity contribution is 5.46. The SMILES string of the molecule is C=C[C@]12CC[C@]3(C)C[C@H](O)C[C@H]3[C@@H]1CCc1cc(O)c(F)cc12. The average molecular weight is 316 g/mol. The number of rotatable bonds is 1. The molecule has 2 saturated carbocycles. The molecule has 0 aromatic heterocycles. The van der Waals surface area contributed by atoms with Gasteiger partial charge in [0.2, 0.25) is 0 Å². The lowest BCUT2D eigenvalue weighted by Crippen LogP contribution is -2.49. The zero-order valence-corrected chi connectivity index (χ0v) is 13.7. The first-order chi connectivity index (χ1) is 10.9. The Balaban J connectivity index is 1.85. The van der Waals surface area contributed by atoms with Crippen LogP contribution in [0.25, 0.3) is 0 Å². The van der Waals surface area contributed by atoms with E-state index in [0.29, 0.717) is 11.8 Å². The second-order valence-electron chi connectivity index (χ2n) is 8.20. The molecule has 23 heavy (non-hydrogen) atoms. The van der Waals surface area contributed by atoms with Gasteiger partial charge in [0, 0.05) is 5.41 Å². The summed E-state index contributed by atoms with van der Waals surface area (Å²) in [5.41, 5.74) is 2.06. The van der Waals surface area contributed by atoms with E-state index < -0.39 is 5.82 Å². The summed E-state index contributed by atoms with van der Waals surface area (Å²) in [6.07, 6.45) is 7.45. The number of phenolic OH excluding ortho intramolecular Hbond substituents is 1. The van der Waals surface area contributed by atoms with Crippen molar-refractivity contribution in [3.05, 3.63) is 41.7 Å². The molecule has 2 fully saturated rings. The van der Waals surface area contributed by atoms with Crippen molar-refractivity contribution in [1.29, 1.82) is 0 Å². The molecule has 0 bridgehead atoms. The number of aliphatic hydroxyl groups excluding tert-OH is 1. The van der Waals surface area contributed by atoms with Gasteiger partial charge in [0.1, 0.15) is 0 Å². The van der Waals surface area contributed by atoms with Gasteiger partial charge in [-0.2, -0.15) is 0 Å². The van der Waals surface area contributed by atoms with Crippen LogP contribution in [0, 0.1) is 23.1 Å². The topological polar surface area (TPSA) is 40.5 Å². The Morgan fingerprint density at radius 1 is 1.30 bits per heavy atom. The van der Waals surface area contributed by atoms with Crippen LogP contribution in [0.5, 0.6) is 5.75 Å². The largest absolute Gasteiger partial charge is 0.505 e. The van der Waals surface area contributed by atoms with E-state index in [0.717, 1.165) is 49.7 Å². The highest BCUT2D eigenvalue weighted by Crippen LogP contribution is 2.63. The van der Waals surface area contributed by atoms with Crippen LogP contribution in [0.2, 0.25) is 0 Å². The predicted octanol–water partition coefficient (Wildman–Crippen LogP) is 4.09. The summed E-state index contributed by atoms with van der Waals surface area (Å²) >= 11 is 0. The van der Waals surface area contributed by atoms with Crippen molar-refractivity contribution in [2.24, 2.45) is 17.3 Å². The van der Waals surface area contributed by atoms with E-state index in [1.54, 1.807) is 6.07 Å². The van der Waals surface area contributed by atoms with Gasteiger partial charge in [-0.15, -0.1) is 6.58 Å². The molecule has 0 amide bonds. The minimum Gasteiger partial charge on any atom is -0.505 e. The van der Waals surface area contributed by atoms with Crippen molar-refractivity contribution < 1.29 is 14.6 Å². The summed E-state index contributed by atoms with van der Waals surface area (Å²) in [6, 6.07) is 3.13. The van der Waals surface area contributed by atoms with E-state index in [9.17, 15) is 14.6 Å². The Kier molecular flexibility index (Phi) is 3.19. The third kappa shape index (κ3) is 1.95. The molecule has 0 radical (unpaired) electrons. The molecule has 0 aliphatic heterocycles. The third-order valence-electron chi connectivity index (χ3n) is 7.14. The molecule has 0 heterocycles. The first kappa shape index (κ1) is 15.2. The summed E-state index contributed by atoms with van der Waals surface area (Å²) in [5, 5.41) is 19.9. The summed E-state index contributed by atoms with van der Waals surface area (Å²) in [4.78, 5) is 0. The standard InChI is InChI=1S/C20H25FO2/c1-3-20-7-6-19(2)11-13(22)9-16(19)14(20)5-4-12-8-18(23)17(21)10-15(12)20/h3,8,10,13-14,16,22-23H,1,4-7,9,11H2,2H3/t13-,14+,16+,19-,20+/m1/s1. The first-order valence-electron chi connectivity index (χ1n) is 8.73. The van der Waals surface area contributed by atoms with Crippen LogP contribution >= 0.6 is 0 Å². The molecule has 1 aromatic rings. The van der Waals surface area contributed by atoms with Crippen LogP contribution in [0.3, 0.4) is 0 Å². The second kappa shape index (κ2) is 4.83. The third-order valence-corrected chi connectivity index (χ3v) is 7.14. The molecule has 0 saturated heterocycles. The van der Waals surface area contributed by atoms with Crippen LogP contribution in [-0.4, -0.2) is 16.3 Å². The normalized spacial score (nSPS) is 41.8. The molecular weight excluding hydrogens is 291 g/mol. The van der Waals surface area contributed by atoms with Gasteiger partial charge in [0.15, 0.2) is 11.6 Å². The summed E-state index contributed by atoms with van der Waals surface area (Å²) in [7, 11) is 0. The van der Waals surface area contributed by atoms with Crippen LogP contribution in [-0.2, 0) is 11.8 Å². The molecular formula is C20H25FO2. The van der Waals surface area contributed by atoms with E-state index in [2.05, 4.69) is 13.5 Å². The average Bonchev–Trinajstić information content (AvgIpc) is 2.82. The fourth-order valence-electron chi connectivity index (χ4n) is 6.04.